The van der Waals surface area contributed by atoms with Gasteiger partial charge in [0.25, 0.3) is 0 Å². The van der Waals surface area contributed by atoms with Crippen molar-refractivity contribution >= 4 is 21.9 Å². The number of nitrogens with two attached hydrogens (primary N) is 2. The monoisotopic (exact) mass is 277 g/mol. The minimum absolute atomic E-state index is 0.0679. The highest BCUT2D eigenvalue weighted by molar-refractivity contribution is 7.89. The maximum absolute atomic E-state index is 10.7. The molecule has 0 amide bonds. The Kier molecular flexibility index (Phi) is 5.00. The van der Waals surface area contributed by atoms with E-state index in [1.807, 2.05) is 0 Å². The van der Waals surface area contributed by atoms with Crippen LogP contribution in [0.1, 0.15) is 6.92 Å². The molecule has 18 heavy (non-hydrogen) atoms. The molecule has 0 saturated heterocycles. The van der Waals surface area contributed by atoms with Gasteiger partial charge in [-0.15, -0.1) is 0 Å². The highest BCUT2D eigenvalue weighted by Crippen LogP contribution is 2.09. The summed E-state index contributed by atoms with van der Waals surface area (Å²) in [5.41, 5.74) is 2.25. The van der Waals surface area contributed by atoms with Gasteiger partial charge < -0.3 is 10.1 Å². The molecule has 0 spiro atoms. The van der Waals surface area contributed by atoms with Gasteiger partial charge in [-0.25, -0.2) is 19.4 Å². The Morgan fingerprint density at radius 2 is 1.94 bits per heavy atom. The fraction of sp³-hybridized carbons (Fsp3) is 0.571. The molecule has 0 aliphatic carbocycles. The molecule has 11 heteroatoms. The molecular weight excluding hydrogens is 262 g/mol. The van der Waals surface area contributed by atoms with E-state index in [9.17, 15) is 8.42 Å². The van der Waals surface area contributed by atoms with Crippen molar-refractivity contribution in [3.63, 3.8) is 0 Å². The lowest BCUT2D eigenvalue weighted by atomic mass is 10.7. The van der Waals surface area contributed by atoms with Crippen LogP contribution >= 0.6 is 0 Å². The Labute approximate surface area is 104 Å². The molecule has 0 fully saturated rings. The largest absolute Gasteiger partial charge is 0.464 e. The molecule has 0 radical (unpaired) electrons. The fourth-order valence-corrected chi connectivity index (χ4v) is 1.39. The lowest BCUT2D eigenvalue weighted by Crippen LogP contribution is -2.23. The predicted octanol–water partition coefficient (Wildman–Crippen LogP) is -1.74. The number of hydrogen-bond acceptors (Lipinski definition) is 9. The van der Waals surface area contributed by atoms with Gasteiger partial charge in [-0.1, -0.05) is 0 Å². The van der Waals surface area contributed by atoms with E-state index >= 15 is 0 Å². The molecule has 0 bridgehead atoms. The second-order valence-electron chi connectivity index (χ2n) is 3.14. The third kappa shape index (κ3) is 5.07. The van der Waals surface area contributed by atoms with E-state index in [1.165, 1.54) is 0 Å². The minimum Gasteiger partial charge on any atom is -0.464 e. The maximum atomic E-state index is 10.7. The van der Waals surface area contributed by atoms with E-state index in [1.54, 1.807) is 6.92 Å². The van der Waals surface area contributed by atoms with Gasteiger partial charge in [0.05, 0.1) is 12.4 Å². The average molecular weight is 277 g/mol. The standard InChI is InChI=1S/C7H15N7O3S/c1-2-17-7-12-5(11-6(13-7)14-8)10-3-4-18(9,15)16/h2-4,8H2,1H3,(H2,9,15,16)(H2,10,11,12,13,14). The Morgan fingerprint density at radius 1 is 1.28 bits per heavy atom. The third-order valence-corrected chi connectivity index (χ3v) is 2.46. The molecule has 1 aromatic heterocycles. The van der Waals surface area contributed by atoms with E-state index in [-0.39, 0.29) is 30.2 Å². The van der Waals surface area contributed by atoms with Gasteiger partial charge in [-0.2, -0.15) is 15.0 Å². The molecule has 1 heterocycles. The van der Waals surface area contributed by atoms with Crippen LogP contribution in [0.4, 0.5) is 11.9 Å². The van der Waals surface area contributed by atoms with Gasteiger partial charge in [0.2, 0.25) is 21.9 Å². The molecular formula is C7H15N7O3S. The van der Waals surface area contributed by atoms with E-state index in [4.69, 9.17) is 15.7 Å². The molecule has 0 aliphatic heterocycles. The number of nitrogens with zero attached hydrogens (tertiary/aromatic N) is 3. The quantitative estimate of drug-likeness (QED) is 0.335. The van der Waals surface area contributed by atoms with Gasteiger partial charge in [0.15, 0.2) is 0 Å². The normalized spacial score (nSPS) is 11.1. The number of rotatable bonds is 7. The minimum atomic E-state index is -3.54. The maximum Gasteiger partial charge on any atom is 0.323 e. The summed E-state index contributed by atoms with van der Waals surface area (Å²) in [5.74, 6) is 5.18. The van der Waals surface area contributed by atoms with Gasteiger partial charge >= 0.3 is 6.01 Å². The van der Waals surface area contributed by atoms with Gasteiger partial charge in [-0.05, 0) is 6.92 Å². The second-order valence-corrected chi connectivity index (χ2v) is 4.87. The number of primary sulfonamides is 1. The Morgan fingerprint density at radius 3 is 2.50 bits per heavy atom. The van der Waals surface area contributed by atoms with Gasteiger partial charge in [0, 0.05) is 6.54 Å². The van der Waals surface area contributed by atoms with Crippen LogP contribution in [0.2, 0.25) is 0 Å². The molecule has 1 rings (SSSR count). The number of anilines is 2. The highest BCUT2D eigenvalue weighted by Gasteiger charge is 2.07. The van der Waals surface area contributed by atoms with Crippen molar-refractivity contribution in [2.45, 2.75) is 6.92 Å². The smallest absolute Gasteiger partial charge is 0.323 e. The van der Waals surface area contributed by atoms with Crippen molar-refractivity contribution in [2.24, 2.45) is 11.0 Å². The van der Waals surface area contributed by atoms with Crippen LogP contribution in [0.15, 0.2) is 0 Å². The van der Waals surface area contributed by atoms with E-state index in [0.29, 0.717) is 6.61 Å². The number of aromatic nitrogens is 3. The number of hydrogen-bond donors (Lipinski definition) is 4. The summed E-state index contributed by atoms with van der Waals surface area (Å²) < 4.78 is 26.6. The van der Waals surface area contributed by atoms with Gasteiger partial charge in [0.1, 0.15) is 0 Å². The molecule has 0 saturated carbocycles. The Balaban J connectivity index is 2.72. The number of nitrogen functional groups attached to an aromatic ring is 1. The van der Waals surface area contributed by atoms with Crippen LogP contribution in [-0.2, 0) is 10.0 Å². The zero-order valence-electron chi connectivity index (χ0n) is 9.75. The molecule has 6 N–H and O–H groups in total. The zero-order chi connectivity index (χ0) is 13.6. The van der Waals surface area contributed by atoms with E-state index in [2.05, 4.69) is 25.7 Å². The first-order valence-corrected chi connectivity index (χ1v) is 6.76. The molecule has 1 aromatic rings. The number of hydrazine groups is 1. The third-order valence-electron chi connectivity index (χ3n) is 1.69. The van der Waals surface area contributed by atoms with Crippen molar-refractivity contribution in [3.8, 4) is 6.01 Å². The summed E-state index contributed by atoms with van der Waals surface area (Å²) in [7, 11) is -3.54. The molecule has 0 aliphatic rings. The Hall–Kier alpha value is -1.72. The number of nitrogens with one attached hydrogen (secondary N) is 2. The lowest BCUT2D eigenvalue weighted by Gasteiger charge is -2.07. The van der Waals surface area contributed by atoms with E-state index < -0.39 is 10.0 Å². The van der Waals surface area contributed by atoms with E-state index in [0.717, 1.165) is 0 Å². The van der Waals surface area contributed by atoms with Crippen molar-refractivity contribution in [1.82, 2.24) is 15.0 Å². The highest BCUT2D eigenvalue weighted by atomic mass is 32.2. The van der Waals surface area contributed by atoms with Gasteiger partial charge in [-0.3, -0.25) is 5.43 Å². The van der Waals surface area contributed by atoms with Crippen molar-refractivity contribution in [2.75, 3.05) is 29.6 Å². The average Bonchev–Trinajstić information content (AvgIpc) is 2.27. The van der Waals surface area contributed by atoms with Crippen LogP contribution in [0.3, 0.4) is 0 Å². The Bertz CT molecular complexity index is 492. The van der Waals surface area contributed by atoms with Crippen molar-refractivity contribution < 1.29 is 13.2 Å². The topological polar surface area (TPSA) is 158 Å². The lowest BCUT2D eigenvalue weighted by molar-refractivity contribution is 0.312. The van der Waals surface area contributed by atoms with Crippen molar-refractivity contribution in [3.05, 3.63) is 0 Å². The first-order valence-electron chi connectivity index (χ1n) is 5.04. The summed E-state index contributed by atoms with van der Waals surface area (Å²) in [5, 5.41) is 7.53. The summed E-state index contributed by atoms with van der Waals surface area (Å²) >= 11 is 0. The summed E-state index contributed by atoms with van der Waals surface area (Å²) in [6, 6.07) is 0.0820. The molecule has 102 valence electrons. The summed E-state index contributed by atoms with van der Waals surface area (Å²) in [4.78, 5) is 11.6. The summed E-state index contributed by atoms with van der Waals surface area (Å²) in [6.07, 6.45) is 0. The fourth-order valence-electron chi connectivity index (χ4n) is 0.999. The van der Waals surface area contributed by atoms with Crippen LogP contribution in [-0.4, -0.2) is 42.3 Å². The van der Waals surface area contributed by atoms with Crippen molar-refractivity contribution in [1.29, 1.82) is 0 Å². The van der Waals surface area contributed by atoms with Crippen LogP contribution in [0, 0.1) is 0 Å². The van der Waals surface area contributed by atoms with Crippen LogP contribution in [0.25, 0.3) is 0 Å². The molecule has 0 atom stereocenters. The van der Waals surface area contributed by atoms with Crippen LogP contribution in [0.5, 0.6) is 6.01 Å². The molecule has 0 aromatic carbocycles. The zero-order valence-corrected chi connectivity index (χ0v) is 10.6. The number of sulfonamides is 1. The summed E-state index contributed by atoms with van der Waals surface area (Å²) in [6.45, 7) is 2.22. The predicted molar refractivity (Wildman–Crippen MR) is 65.3 cm³/mol. The molecule has 10 nitrogen and oxygen atoms in total. The SMILES string of the molecule is CCOc1nc(NN)nc(NCCS(N)(=O)=O)n1. The first kappa shape index (κ1) is 14.3. The second kappa shape index (κ2) is 6.28. The first-order chi connectivity index (χ1) is 8.44. The molecule has 0 unspecified atom stereocenters. The van der Waals surface area contributed by atoms with Crippen LogP contribution < -0.4 is 26.5 Å². The number of ether oxygens (including phenoxy) is 1.